The molecule has 1 aromatic carbocycles. The minimum absolute atomic E-state index is 0.0265. The van der Waals surface area contributed by atoms with Crippen LogP contribution < -0.4 is 10.6 Å². The number of carbonyl (C=O) groups is 3. The van der Waals surface area contributed by atoms with E-state index in [1.807, 2.05) is 0 Å². The van der Waals surface area contributed by atoms with Crippen molar-refractivity contribution in [2.24, 2.45) is 23.2 Å². The molecule has 4 aliphatic carbocycles. The number of hydrogen-bond donors (Lipinski definition) is 2. The Morgan fingerprint density at radius 3 is 2.27 bits per heavy atom. The van der Waals surface area contributed by atoms with Crippen molar-refractivity contribution in [1.29, 1.82) is 0 Å². The number of nitrogens with one attached hydrogen (secondary N) is 2. The molecule has 0 saturated heterocycles. The molecule has 4 aliphatic rings. The first-order valence-corrected chi connectivity index (χ1v) is 10.9. The minimum Gasteiger partial charge on any atom is -0.456 e. The largest absolute Gasteiger partial charge is 0.456 e. The van der Waals surface area contributed by atoms with Crippen molar-refractivity contribution in [2.75, 3.05) is 13.2 Å². The van der Waals surface area contributed by atoms with Crippen LogP contribution in [0.15, 0.2) is 24.3 Å². The lowest BCUT2D eigenvalue weighted by Gasteiger charge is -2.55. The summed E-state index contributed by atoms with van der Waals surface area (Å²) < 4.78 is 18.5. The van der Waals surface area contributed by atoms with Gasteiger partial charge in [0.25, 0.3) is 5.91 Å². The van der Waals surface area contributed by atoms with Crippen molar-refractivity contribution in [1.82, 2.24) is 10.6 Å². The average molecular weight is 416 g/mol. The first-order valence-electron chi connectivity index (χ1n) is 10.9. The van der Waals surface area contributed by atoms with Crippen molar-refractivity contribution in [2.45, 2.75) is 51.5 Å². The maximum atomic E-state index is 13.5. The van der Waals surface area contributed by atoms with E-state index in [2.05, 4.69) is 10.6 Å². The molecule has 2 amide bonds. The summed E-state index contributed by atoms with van der Waals surface area (Å²) in [5.41, 5.74) is 0.134. The van der Waals surface area contributed by atoms with Gasteiger partial charge in [0.05, 0.1) is 6.42 Å². The molecule has 6 nitrogen and oxygen atoms in total. The second-order valence-electron chi connectivity index (χ2n) is 9.23. The summed E-state index contributed by atoms with van der Waals surface area (Å²) in [5.74, 6) is 0.715. The highest BCUT2D eigenvalue weighted by Crippen LogP contribution is 2.60. The molecule has 162 valence electrons. The Balaban J connectivity index is 1.14. The monoisotopic (exact) mass is 416 g/mol. The van der Waals surface area contributed by atoms with E-state index in [1.165, 1.54) is 25.3 Å². The van der Waals surface area contributed by atoms with Gasteiger partial charge in [-0.25, -0.2) is 4.39 Å². The fraction of sp³-hybridized carbons (Fsp3) is 0.609. The zero-order valence-corrected chi connectivity index (χ0v) is 17.1. The third-order valence-electron chi connectivity index (χ3n) is 6.93. The predicted octanol–water partition coefficient (Wildman–Crippen LogP) is 2.71. The molecule has 4 saturated carbocycles. The second kappa shape index (κ2) is 8.74. The minimum atomic E-state index is -0.540. The van der Waals surface area contributed by atoms with Gasteiger partial charge in [-0.3, -0.25) is 14.4 Å². The van der Waals surface area contributed by atoms with Gasteiger partial charge in [-0.2, -0.15) is 0 Å². The first kappa shape index (κ1) is 20.8. The van der Waals surface area contributed by atoms with E-state index in [4.69, 9.17) is 4.74 Å². The summed E-state index contributed by atoms with van der Waals surface area (Å²) in [7, 11) is 0. The number of benzene rings is 1. The fourth-order valence-electron chi connectivity index (χ4n) is 5.96. The summed E-state index contributed by atoms with van der Waals surface area (Å²) in [4.78, 5) is 36.5. The molecule has 0 atom stereocenters. The molecule has 0 unspecified atom stereocenters. The van der Waals surface area contributed by atoms with Crippen LogP contribution in [0.2, 0.25) is 0 Å². The molecule has 0 aliphatic heterocycles. The summed E-state index contributed by atoms with van der Waals surface area (Å²) in [6.07, 6.45) is 6.80. The molecule has 5 rings (SSSR count). The number of rotatable bonds is 8. The van der Waals surface area contributed by atoms with Gasteiger partial charge in [0.1, 0.15) is 5.82 Å². The van der Waals surface area contributed by atoms with Crippen LogP contribution in [0, 0.1) is 29.0 Å². The van der Waals surface area contributed by atoms with Crippen molar-refractivity contribution in [3.05, 3.63) is 35.6 Å². The molecule has 1 aromatic rings. The lowest BCUT2D eigenvalue weighted by molar-refractivity contribution is -0.149. The van der Waals surface area contributed by atoms with Crippen LogP contribution in [0.25, 0.3) is 0 Å². The summed E-state index contributed by atoms with van der Waals surface area (Å²) in [6.45, 7) is -0.170. The Bertz CT molecular complexity index is 790. The van der Waals surface area contributed by atoms with E-state index < -0.39 is 24.3 Å². The third-order valence-corrected chi connectivity index (χ3v) is 6.93. The van der Waals surface area contributed by atoms with E-state index in [0.717, 1.165) is 19.3 Å². The highest BCUT2D eigenvalue weighted by molar-refractivity contribution is 5.84. The Morgan fingerprint density at radius 1 is 1.00 bits per heavy atom. The topological polar surface area (TPSA) is 84.5 Å². The summed E-state index contributed by atoms with van der Waals surface area (Å²) in [5, 5.41) is 5.45. The van der Waals surface area contributed by atoms with Gasteiger partial charge in [0.15, 0.2) is 6.61 Å². The molecule has 0 spiro atoms. The van der Waals surface area contributed by atoms with Gasteiger partial charge in [-0.15, -0.1) is 0 Å². The number of halogens is 1. The smallest absolute Gasteiger partial charge is 0.308 e. The Morgan fingerprint density at radius 2 is 1.63 bits per heavy atom. The molecule has 4 bridgehead atoms. The van der Waals surface area contributed by atoms with E-state index in [0.29, 0.717) is 23.3 Å². The van der Waals surface area contributed by atoms with Gasteiger partial charge in [-0.1, -0.05) is 18.2 Å². The molecular weight excluding hydrogens is 387 g/mol. The molecule has 30 heavy (non-hydrogen) atoms. The number of esters is 1. The van der Waals surface area contributed by atoms with E-state index >= 15 is 0 Å². The Kier molecular flexibility index (Phi) is 6.06. The predicted molar refractivity (Wildman–Crippen MR) is 107 cm³/mol. The molecule has 0 heterocycles. The van der Waals surface area contributed by atoms with Crippen molar-refractivity contribution in [3.63, 3.8) is 0 Å². The number of ether oxygens (including phenoxy) is 1. The summed E-state index contributed by atoms with van der Waals surface area (Å²) in [6, 6.07) is 6.15. The second-order valence-corrected chi connectivity index (χ2v) is 9.23. The summed E-state index contributed by atoms with van der Waals surface area (Å²) >= 11 is 0. The molecule has 2 N–H and O–H groups in total. The van der Waals surface area contributed by atoms with E-state index in [-0.39, 0.29) is 30.8 Å². The highest BCUT2D eigenvalue weighted by atomic mass is 19.1. The van der Waals surface area contributed by atoms with Crippen LogP contribution in [-0.4, -0.2) is 30.9 Å². The maximum Gasteiger partial charge on any atom is 0.308 e. The SMILES string of the molecule is O=C(COC(=O)CCNC(=O)C12CC3CC(CC(C3)C1)C2)NCc1ccccc1F. The normalized spacial score (nSPS) is 28.8. The van der Waals surface area contributed by atoms with Crippen LogP contribution >= 0.6 is 0 Å². The van der Waals surface area contributed by atoms with E-state index in [1.54, 1.807) is 18.2 Å². The molecule has 0 radical (unpaired) electrons. The zero-order valence-electron chi connectivity index (χ0n) is 17.1. The van der Waals surface area contributed by atoms with Crippen molar-refractivity contribution < 1.29 is 23.5 Å². The zero-order chi connectivity index (χ0) is 21.1. The van der Waals surface area contributed by atoms with Crippen molar-refractivity contribution in [3.8, 4) is 0 Å². The lowest BCUT2D eigenvalue weighted by Crippen LogP contribution is -2.53. The van der Waals surface area contributed by atoms with Crippen LogP contribution in [-0.2, 0) is 25.7 Å². The molecule has 0 aromatic heterocycles. The van der Waals surface area contributed by atoms with Crippen LogP contribution in [0.5, 0.6) is 0 Å². The standard InChI is InChI=1S/C23H29FN2O4/c24-19-4-2-1-3-18(19)13-26-20(27)14-30-21(28)5-6-25-22(29)23-10-15-7-16(11-23)9-17(8-15)12-23/h1-4,15-17H,5-14H2,(H,25,29)(H,26,27). The number of hydrogen-bond acceptors (Lipinski definition) is 4. The number of carbonyl (C=O) groups excluding carboxylic acids is 3. The van der Waals surface area contributed by atoms with Crippen LogP contribution in [0.3, 0.4) is 0 Å². The van der Waals surface area contributed by atoms with Crippen molar-refractivity contribution >= 4 is 17.8 Å². The lowest BCUT2D eigenvalue weighted by atomic mass is 9.49. The average Bonchev–Trinajstić information content (AvgIpc) is 2.70. The maximum absolute atomic E-state index is 13.5. The molecule has 7 heteroatoms. The van der Waals surface area contributed by atoms with Gasteiger partial charge in [0.2, 0.25) is 5.91 Å². The van der Waals surface area contributed by atoms with E-state index in [9.17, 15) is 18.8 Å². The van der Waals surface area contributed by atoms with Crippen LogP contribution in [0.4, 0.5) is 4.39 Å². The molecule has 4 fully saturated rings. The number of amides is 2. The highest BCUT2D eigenvalue weighted by Gasteiger charge is 2.54. The van der Waals surface area contributed by atoms with Gasteiger partial charge in [-0.05, 0) is 62.3 Å². The quantitative estimate of drug-likeness (QED) is 0.638. The third kappa shape index (κ3) is 4.65. The molecular formula is C23H29FN2O4. The van der Waals surface area contributed by atoms with Gasteiger partial charge in [0, 0.05) is 24.1 Å². The van der Waals surface area contributed by atoms with Gasteiger partial charge >= 0.3 is 5.97 Å². The fourth-order valence-corrected chi connectivity index (χ4v) is 5.96. The Hall–Kier alpha value is -2.44. The van der Waals surface area contributed by atoms with Gasteiger partial charge < -0.3 is 15.4 Å². The first-order chi connectivity index (χ1) is 14.4. The Labute approximate surface area is 175 Å². The van der Waals surface area contributed by atoms with Crippen LogP contribution in [0.1, 0.15) is 50.5 Å².